The van der Waals surface area contributed by atoms with E-state index in [2.05, 4.69) is 24.4 Å². The molecule has 0 aliphatic rings. The third-order valence-electron chi connectivity index (χ3n) is 2.76. The molecule has 0 aliphatic heterocycles. The third-order valence-corrected chi connectivity index (χ3v) is 4.43. The Labute approximate surface area is 116 Å². The molecule has 0 spiro atoms. The van der Waals surface area contributed by atoms with Crippen molar-refractivity contribution < 1.29 is 5.11 Å². The van der Waals surface area contributed by atoms with Gasteiger partial charge >= 0.3 is 0 Å². The van der Waals surface area contributed by atoms with Crippen LogP contribution in [0.4, 0.5) is 5.69 Å². The molecule has 1 unspecified atom stereocenters. The average Bonchev–Trinajstić information content (AvgIpc) is 2.86. The SMILES string of the molecule is CCc1ccc(C(CO)Nc2ccccc2Cl)s1. The number of aliphatic hydroxyl groups excluding tert-OH is 1. The Balaban J connectivity index is 2.17. The number of benzene rings is 1. The van der Waals surface area contributed by atoms with Crippen molar-refractivity contribution in [2.45, 2.75) is 19.4 Å². The van der Waals surface area contributed by atoms with E-state index in [1.54, 1.807) is 11.3 Å². The maximum Gasteiger partial charge on any atom is 0.0838 e. The van der Waals surface area contributed by atoms with Crippen LogP contribution in [0.2, 0.25) is 5.02 Å². The van der Waals surface area contributed by atoms with Crippen LogP contribution in [0.5, 0.6) is 0 Å². The summed E-state index contributed by atoms with van der Waals surface area (Å²) in [5.74, 6) is 0. The van der Waals surface area contributed by atoms with Gasteiger partial charge in [0.15, 0.2) is 0 Å². The zero-order valence-corrected chi connectivity index (χ0v) is 11.8. The predicted octanol–water partition coefficient (Wildman–Crippen LogP) is 4.11. The van der Waals surface area contributed by atoms with Crippen molar-refractivity contribution in [3.63, 3.8) is 0 Å². The molecule has 1 aromatic carbocycles. The van der Waals surface area contributed by atoms with Crippen LogP contribution in [0.15, 0.2) is 36.4 Å². The molecule has 0 amide bonds. The van der Waals surface area contributed by atoms with Gasteiger partial charge in [-0.3, -0.25) is 0 Å². The largest absolute Gasteiger partial charge is 0.394 e. The van der Waals surface area contributed by atoms with Crippen LogP contribution < -0.4 is 5.32 Å². The Kier molecular flexibility index (Phi) is 4.64. The lowest BCUT2D eigenvalue weighted by molar-refractivity contribution is 0.278. The molecule has 2 rings (SSSR count). The Morgan fingerprint density at radius 3 is 2.67 bits per heavy atom. The molecule has 1 heterocycles. The summed E-state index contributed by atoms with van der Waals surface area (Å²) < 4.78 is 0. The quantitative estimate of drug-likeness (QED) is 0.864. The number of nitrogens with one attached hydrogen (secondary N) is 1. The molecule has 0 aliphatic carbocycles. The van der Waals surface area contributed by atoms with Crippen LogP contribution in [0.1, 0.15) is 22.7 Å². The normalized spacial score (nSPS) is 12.4. The highest BCUT2D eigenvalue weighted by Gasteiger charge is 2.13. The summed E-state index contributed by atoms with van der Waals surface area (Å²) in [6.07, 6.45) is 1.02. The molecular weight excluding hydrogens is 266 g/mol. The second-order valence-electron chi connectivity index (χ2n) is 4.02. The highest BCUT2D eigenvalue weighted by atomic mass is 35.5. The fraction of sp³-hybridized carbons (Fsp3) is 0.286. The lowest BCUT2D eigenvalue weighted by Crippen LogP contribution is -2.13. The van der Waals surface area contributed by atoms with Gasteiger partial charge in [0.05, 0.1) is 23.4 Å². The first-order chi connectivity index (χ1) is 8.74. The van der Waals surface area contributed by atoms with Gasteiger partial charge in [-0.2, -0.15) is 0 Å². The summed E-state index contributed by atoms with van der Waals surface area (Å²) >= 11 is 7.83. The number of hydrogen-bond acceptors (Lipinski definition) is 3. The summed E-state index contributed by atoms with van der Waals surface area (Å²) in [5, 5.41) is 13.5. The molecule has 1 aromatic heterocycles. The topological polar surface area (TPSA) is 32.3 Å². The Morgan fingerprint density at radius 2 is 2.06 bits per heavy atom. The molecule has 2 nitrogen and oxygen atoms in total. The number of anilines is 1. The van der Waals surface area contributed by atoms with E-state index in [0.29, 0.717) is 5.02 Å². The molecule has 96 valence electrons. The fourth-order valence-electron chi connectivity index (χ4n) is 1.74. The van der Waals surface area contributed by atoms with Crippen molar-refractivity contribution >= 4 is 28.6 Å². The van der Waals surface area contributed by atoms with Crippen molar-refractivity contribution in [3.8, 4) is 0 Å². The summed E-state index contributed by atoms with van der Waals surface area (Å²) in [7, 11) is 0. The van der Waals surface area contributed by atoms with Crippen molar-refractivity contribution in [2.75, 3.05) is 11.9 Å². The standard InChI is InChI=1S/C14H16ClNOS/c1-2-10-7-8-14(18-10)13(9-17)16-12-6-4-3-5-11(12)15/h3-8,13,16-17H,2,9H2,1H3. The van der Waals surface area contributed by atoms with Crippen molar-refractivity contribution in [3.05, 3.63) is 51.2 Å². The summed E-state index contributed by atoms with van der Waals surface area (Å²) in [5.41, 5.74) is 0.852. The van der Waals surface area contributed by atoms with Gasteiger partial charge in [-0.15, -0.1) is 11.3 Å². The molecule has 0 bridgehead atoms. The molecule has 0 fully saturated rings. The maximum absolute atomic E-state index is 9.51. The first-order valence-corrected chi connectivity index (χ1v) is 7.14. The van der Waals surface area contributed by atoms with E-state index in [-0.39, 0.29) is 12.6 Å². The Bertz CT molecular complexity index is 512. The van der Waals surface area contributed by atoms with Crippen LogP contribution in [0.3, 0.4) is 0 Å². The Hall–Kier alpha value is -1.03. The van der Waals surface area contributed by atoms with Crippen molar-refractivity contribution in [1.82, 2.24) is 0 Å². The maximum atomic E-state index is 9.51. The van der Waals surface area contributed by atoms with E-state index in [1.807, 2.05) is 24.3 Å². The molecule has 0 radical (unpaired) electrons. The first kappa shape index (κ1) is 13.4. The number of aryl methyl sites for hydroxylation is 1. The van der Waals surface area contributed by atoms with E-state index in [0.717, 1.165) is 17.0 Å². The smallest absolute Gasteiger partial charge is 0.0838 e. The van der Waals surface area contributed by atoms with Gasteiger partial charge in [0.25, 0.3) is 0 Å². The average molecular weight is 282 g/mol. The lowest BCUT2D eigenvalue weighted by atomic mass is 10.2. The minimum atomic E-state index is -0.102. The van der Waals surface area contributed by atoms with Gasteiger partial charge in [-0.1, -0.05) is 30.7 Å². The lowest BCUT2D eigenvalue weighted by Gasteiger charge is -2.17. The highest BCUT2D eigenvalue weighted by molar-refractivity contribution is 7.12. The van der Waals surface area contributed by atoms with Crippen LogP contribution >= 0.6 is 22.9 Å². The first-order valence-electron chi connectivity index (χ1n) is 5.95. The number of aliphatic hydroxyl groups is 1. The fourth-order valence-corrected chi connectivity index (χ4v) is 2.93. The zero-order chi connectivity index (χ0) is 13.0. The minimum Gasteiger partial charge on any atom is -0.394 e. The molecule has 4 heteroatoms. The second-order valence-corrected chi connectivity index (χ2v) is 5.62. The van der Waals surface area contributed by atoms with Crippen LogP contribution in [0, 0.1) is 0 Å². The summed E-state index contributed by atoms with van der Waals surface area (Å²) in [4.78, 5) is 2.46. The molecular formula is C14H16ClNOS. The number of thiophene rings is 1. The Morgan fingerprint density at radius 1 is 1.28 bits per heavy atom. The number of para-hydroxylation sites is 1. The number of hydrogen-bond donors (Lipinski definition) is 2. The van der Waals surface area contributed by atoms with E-state index >= 15 is 0 Å². The summed E-state index contributed by atoms with van der Waals surface area (Å²) in [6, 6.07) is 11.6. The van der Waals surface area contributed by atoms with Gasteiger partial charge in [0, 0.05) is 9.75 Å². The van der Waals surface area contributed by atoms with Crippen LogP contribution in [0.25, 0.3) is 0 Å². The second kappa shape index (κ2) is 6.23. The monoisotopic (exact) mass is 281 g/mol. The van der Waals surface area contributed by atoms with Gasteiger partial charge in [-0.05, 0) is 30.7 Å². The molecule has 2 aromatic rings. The zero-order valence-electron chi connectivity index (χ0n) is 10.2. The molecule has 0 saturated carbocycles. The molecule has 0 saturated heterocycles. The van der Waals surface area contributed by atoms with Crippen LogP contribution in [-0.4, -0.2) is 11.7 Å². The number of rotatable bonds is 5. The number of halogens is 1. The van der Waals surface area contributed by atoms with Gasteiger partial charge in [0.2, 0.25) is 0 Å². The van der Waals surface area contributed by atoms with E-state index in [1.165, 1.54) is 4.88 Å². The highest BCUT2D eigenvalue weighted by Crippen LogP contribution is 2.29. The summed E-state index contributed by atoms with van der Waals surface area (Å²) in [6.45, 7) is 2.18. The van der Waals surface area contributed by atoms with E-state index in [9.17, 15) is 5.11 Å². The molecule has 18 heavy (non-hydrogen) atoms. The van der Waals surface area contributed by atoms with E-state index < -0.39 is 0 Å². The molecule has 2 N–H and O–H groups in total. The van der Waals surface area contributed by atoms with Gasteiger partial charge < -0.3 is 10.4 Å². The van der Waals surface area contributed by atoms with Crippen molar-refractivity contribution in [1.29, 1.82) is 0 Å². The van der Waals surface area contributed by atoms with Gasteiger partial charge in [0.1, 0.15) is 0 Å². The predicted molar refractivity (Wildman–Crippen MR) is 78.6 cm³/mol. The molecule has 1 atom stereocenters. The third kappa shape index (κ3) is 3.05. The van der Waals surface area contributed by atoms with Gasteiger partial charge in [-0.25, -0.2) is 0 Å². The van der Waals surface area contributed by atoms with E-state index in [4.69, 9.17) is 11.6 Å². The van der Waals surface area contributed by atoms with Crippen LogP contribution in [-0.2, 0) is 6.42 Å². The van der Waals surface area contributed by atoms with Crippen molar-refractivity contribution in [2.24, 2.45) is 0 Å². The minimum absolute atomic E-state index is 0.0505.